The second kappa shape index (κ2) is 7.71. The number of benzene rings is 1. The van der Waals surface area contributed by atoms with Crippen molar-refractivity contribution in [3.05, 3.63) is 29.3 Å². The SMILES string of the molecule is O=CN(CC(=O)NCc1ccc2c(c1)CCCN2)C(=O)[C@@H]1CC2CCC1C2.[HH].[HH]. The van der Waals surface area contributed by atoms with Gasteiger partial charge in [0.2, 0.25) is 18.2 Å². The standard InChI is InChI=1S/C21H27N3O3.2H2/c25-13-24(21(27)18-10-14-3-5-16(18)8-14)12-20(26)23-11-15-4-6-19-17(9-15)2-1-7-22-19;;/h4,6,9,13-14,16,18,22H,1-3,5,7-8,10-12H2,(H,23,26);2*1H/t14?,16?,18-;;/m1../s1. The second-order valence-electron chi connectivity index (χ2n) is 8.15. The number of aryl methyl sites for hydroxylation is 1. The van der Waals surface area contributed by atoms with Gasteiger partial charge in [0.15, 0.2) is 0 Å². The molecule has 1 aromatic rings. The number of carbonyl (C=O) groups is 3. The summed E-state index contributed by atoms with van der Waals surface area (Å²) in [5, 5.41) is 6.21. The van der Waals surface area contributed by atoms with Gasteiger partial charge in [-0.2, -0.15) is 0 Å². The van der Waals surface area contributed by atoms with E-state index in [4.69, 9.17) is 0 Å². The van der Waals surface area contributed by atoms with E-state index >= 15 is 0 Å². The molecule has 0 spiro atoms. The Morgan fingerprint density at radius 2 is 2.19 bits per heavy atom. The highest BCUT2D eigenvalue weighted by Gasteiger charge is 2.44. The van der Waals surface area contributed by atoms with Gasteiger partial charge in [-0.3, -0.25) is 19.3 Å². The van der Waals surface area contributed by atoms with Crippen LogP contribution in [-0.2, 0) is 27.3 Å². The highest BCUT2D eigenvalue weighted by Crippen LogP contribution is 2.48. The maximum Gasteiger partial charge on any atom is 0.240 e. The number of imide groups is 1. The van der Waals surface area contributed by atoms with E-state index in [1.54, 1.807) is 0 Å². The van der Waals surface area contributed by atoms with Crippen molar-refractivity contribution in [3.8, 4) is 0 Å². The van der Waals surface area contributed by atoms with Gasteiger partial charge in [-0.1, -0.05) is 18.6 Å². The first-order chi connectivity index (χ1) is 13.1. The van der Waals surface area contributed by atoms with Crippen LogP contribution in [0.2, 0.25) is 0 Å². The number of amides is 3. The first-order valence-electron chi connectivity index (χ1n) is 10.0. The third kappa shape index (κ3) is 3.84. The molecular weight excluding hydrogens is 342 g/mol. The van der Waals surface area contributed by atoms with Crippen molar-refractivity contribution in [2.75, 3.05) is 18.4 Å². The molecule has 6 nitrogen and oxygen atoms in total. The average Bonchev–Trinajstić information content (AvgIpc) is 3.33. The fraction of sp³-hybridized carbons (Fsp3) is 0.571. The number of carbonyl (C=O) groups excluding carboxylic acids is 3. The van der Waals surface area contributed by atoms with E-state index < -0.39 is 0 Å². The van der Waals surface area contributed by atoms with E-state index in [1.807, 2.05) is 12.1 Å². The molecule has 2 saturated carbocycles. The minimum Gasteiger partial charge on any atom is -0.385 e. The number of fused-ring (bicyclic) bond motifs is 3. The molecular formula is C21H31N3O3. The lowest BCUT2D eigenvalue weighted by molar-refractivity contribution is -0.145. The molecule has 2 unspecified atom stereocenters. The molecule has 0 saturated heterocycles. The second-order valence-corrected chi connectivity index (χ2v) is 8.15. The van der Waals surface area contributed by atoms with Gasteiger partial charge in [-0.05, 0) is 61.1 Å². The number of hydrogen-bond acceptors (Lipinski definition) is 4. The number of nitrogens with zero attached hydrogens (tertiary/aromatic N) is 1. The first-order valence-corrected chi connectivity index (χ1v) is 10.0. The van der Waals surface area contributed by atoms with Crippen LogP contribution in [0.4, 0.5) is 5.69 Å². The van der Waals surface area contributed by atoms with Crippen LogP contribution >= 0.6 is 0 Å². The number of anilines is 1. The molecule has 6 heteroatoms. The Labute approximate surface area is 162 Å². The summed E-state index contributed by atoms with van der Waals surface area (Å²) in [6.45, 7) is 1.21. The number of nitrogens with one attached hydrogen (secondary N) is 2. The minimum absolute atomic E-state index is 0. The van der Waals surface area contributed by atoms with Gasteiger partial charge < -0.3 is 10.6 Å². The van der Waals surface area contributed by atoms with E-state index in [0.717, 1.165) is 49.1 Å². The van der Waals surface area contributed by atoms with Gasteiger partial charge >= 0.3 is 0 Å². The molecule has 1 aromatic carbocycles. The molecule has 1 heterocycles. The predicted molar refractivity (Wildman–Crippen MR) is 106 cm³/mol. The summed E-state index contributed by atoms with van der Waals surface area (Å²) in [4.78, 5) is 37.4. The van der Waals surface area contributed by atoms with Crippen LogP contribution in [0.3, 0.4) is 0 Å². The summed E-state index contributed by atoms with van der Waals surface area (Å²) in [6.07, 6.45) is 6.92. The zero-order valence-electron chi connectivity index (χ0n) is 15.6. The molecule has 2 N–H and O–H groups in total. The maximum atomic E-state index is 12.6. The summed E-state index contributed by atoms with van der Waals surface area (Å²) in [5.74, 6) is 0.485. The van der Waals surface area contributed by atoms with E-state index in [-0.39, 0.29) is 27.1 Å². The molecule has 2 bridgehead atoms. The topological polar surface area (TPSA) is 78.5 Å². The van der Waals surface area contributed by atoms with Crippen molar-refractivity contribution >= 4 is 23.9 Å². The van der Waals surface area contributed by atoms with Gasteiger partial charge in [0.05, 0.1) is 0 Å². The Hall–Kier alpha value is -2.37. The van der Waals surface area contributed by atoms with E-state index in [1.165, 1.54) is 17.7 Å². The third-order valence-corrected chi connectivity index (χ3v) is 6.38. The smallest absolute Gasteiger partial charge is 0.240 e. The van der Waals surface area contributed by atoms with Gasteiger partial charge in [0.1, 0.15) is 6.54 Å². The van der Waals surface area contributed by atoms with E-state index in [9.17, 15) is 14.4 Å². The van der Waals surface area contributed by atoms with Crippen molar-refractivity contribution in [3.63, 3.8) is 0 Å². The molecule has 3 aliphatic rings. The Bertz CT molecular complexity index is 759. The van der Waals surface area contributed by atoms with Crippen molar-refractivity contribution in [1.29, 1.82) is 0 Å². The van der Waals surface area contributed by atoms with Crippen molar-refractivity contribution in [1.82, 2.24) is 10.2 Å². The lowest BCUT2D eigenvalue weighted by Gasteiger charge is -2.25. The van der Waals surface area contributed by atoms with Crippen molar-refractivity contribution in [2.24, 2.45) is 17.8 Å². The summed E-state index contributed by atoms with van der Waals surface area (Å²) in [5.41, 5.74) is 3.47. The third-order valence-electron chi connectivity index (χ3n) is 6.38. The zero-order valence-corrected chi connectivity index (χ0v) is 15.6. The zero-order chi connectivity index (χ0) is 18.8. The average molecular weight is 373 g/mol. The summed E-state index contributed by atoms with van der Waals surface area (Å²) in [6, 6.07) is 6.15. The van der Waals surface area contributed by atoms with Crippen LogP contribution in [0.5, 0.6) is 0 Å². The quantitative estimate of drug-likeness (QED) is 0.751. The van der Waals surface area contributed by atoms with Gasteiger partial charge in [-0.25, -0.2) is 0 Å². The van der Waals surface area contributed by atoms with E-state index in [2.05, 4.69) is 16.7 Å². The molecule has 148 valence electrons. The van der Waals surface area contributed by atoms with Crippen LogP contribution in [-0.4, -0.2) is 36.2 Å². The Morgan fingerprint density at radius 3 is 2.93 bits per heavy atom. The minimum atomic E-state index is -0.297. The fourth-order valence-electron chi connectivity index (χ4n) is 4.98. The Balaban J connectivity index is 0.00000150. The summed E-state index contributed by atoms with van der Waals surface area (Å²) < 4.78 is 0. The number of rotatable bonds is 6. The van der Waals surface area contributed by atoms with Crippen molar-refractivity contribution < 1.29 is 17.2 Å². The van der Waals surface area contributed by atoms with Gasteiger partial charge in [0.25, 0.3) is 0 Å². The molecule has 27 heavy (non-hydrogen) atoms. The Morgan fingerprint density at radius 1 is 1.30 bits per heavy atom. The lowest BCUT2D eigenvalue weighted by atomic mass is 9.88. The molecule has 1 aliphatic heterocycles. The van der Waals surface area contributed by atoms with Crippen LogP contribution in [0.1, 0.15) is 46.1 Å². The monoisotopic (exact) mass is 373 g/mol. The van der Waals surface area contributed by atoms with Crippen LogP contribution in [0.25, 0.3) is 0 Å². The molecule has 4 rings (SSSR count). The largest absolute Gasteiger partial charge is 0.385 e. The van der Waals surface area contributed by atoms with Gasteiger partial charge in [0, 0.05) is 27.5 Å². The van der Waals surface area contributed by atoms with Crippen molar-refractivity contribution in [2.45, 2.75) is 45.1 Å². The maximum absolute atomic E-state index is 12.6. The molecule has 2 fully saturated rings. The predicted octanol–water partition coefficient (Wildman–Crippen LogP) is 2.57. The van der Waals surface area contributed by atoms with Crippen LogP contribution < -0.4 is 10.6 Å². The fourth-order valence-corrected chi connectivity index (χ4v) is 4.98. The van der Waals surface area contributed by atoms with Gasteiger partial charge in [-0.15, -0.1) is 0 Å². The first kappa shape index (κ1) is 18.0. The molecule has 0 aromatic heterocycles. The molecule has 3 amide bonds. The molecule has 3 atom stereocenters. The number of hydrogen-bond donors (Lipinski definition) is 2. The molecule has 2 aliphatic carbocycles. The molecule has 0 radical (unpaired) electrons. The normalized spacial score (nSPS) is 25.4. The van der Waals surface area contributed by atoms with Crippen LogP contribution in [0.15, 0.2) is 18.2 Å². The lowest BCUT2D eigenvalue weighted by Crippen LogP contribution is -2.43. The summed E-state index contributed by atoms with van der Waals surface area (Å²) >= 11 is 0. The van der Waals surface area contributed by atoms with Crippen LogP contribution in [0, 0.1) is 17.8 Å². The summed E-state index contributed by atoms with van der Waals surface area (Å²) in [7, 11) is 0. The highest BCUT2D eigenvalue weighted by molar-refractivity contribution is 5.93. The van der Waals surface area contributed by atoms with E-state index in [0.29, 0.717) is 24.8 Å². The highest BCUT2D eigenvalue weighted by atomic mass is 16.2. The Kier molecular flexibility index (Phi) is 5.14.